The molecule has 0 aromatic carbocycles. The van der Waals surface area contributed by atoms with Crippen LogP contribution in [0.5, 0.6) is 0 Å². The summed E-state index contributed by atoms with van der Waals surface area (Å²) in [7, 11) is 2.18. The van der Waals surface area contributed by atoms with E-state index in [-0.39, 0.29) is 0 Å². The molecular weight excluding hydrogens is 194 g/mol. The highest BCUT2D eigenvalue weighted by atomic mass is 14.9. The lowest BCUT2D eigenvalue weighted by Gasteiger charge is -2.22. The smallest absolute Gasteiger partial charge is 0.0100 e. The largest absolute Gasteiger partial charge is 0.317 e. The van der Waals surface area contributed by atoms with Crippen LogP contribution in [-0.4, -0.2) is 13.1 Å². The quantitative estimate of drug-likeness (QED) is 0.721. The molecule has 0 amide bonds. The van der Waals surface area contributed by atoms with E-state index in [4.69, 9.17) is 0 Å². The van der Waals surface area contributed by atoms with E-state index in [2.05, 4.69) is 26.2 Å². The summed E-state index contributed by atoms with van der Waals surface area (Å²) >= 11 is 0. The maximum Gasteiger partial charge on any atom is 0.0100 e. The van der Waals surface area contributed by atoms with Crippen molar-refractivity contribution in [2.75, 3.05) is 7.05 Å². The lowest BCUT2D eigenvalue weighted by molar-refractivity contribution is 0.339. The summed E-state index contributed by atoms with van der Waals surface area (Å²) in [4.78, 5) is 0. The molecule has 0 aromatic heterocycles. The molecule has 2 aliphatic rings. The van der Waals surface area contributed by atoms with Crippen LogP contribution in [-0.2, 0) is 0 Å². The predicted octanol–water partition coefficient (Wildman–Crippen LogP) is 3.84. The number of rotatable bonds is 6. The van der Waals surface area contributed by atoms with Crippen LogP contribution in [0.25, 0.3) is 0 Å². The average Bonchev–Trinajstić information content (AvgIpc) is 3.05. The minimum Gasteiger partial charge on any atom is -0.317 e. The van der Waals surface area contributed by atoms with Gasteiger partial charge in [-0.25, -0.2) is 0 Å². The van der Waals surface area contributed by atoms with Crippen molar-refractivity contribution < 1.29 is 0 Å². The second kappa shape index (κ2) is 5.53. The van der Waals surface area contributed by atoms with Gasteiger partial charge in [-0.3, -0.25) is 0 Å². The van der Waals surface area contributed by atoms with E-state index in [1.54, 1.807) is 0 Å². The van der Waals surface area contributed by atoms with Crippen LogP contribution in [0.2, 0.25) is 0 Å². The molecule has 0 aliphatic heterocycles. The lowest BCUT2D eigenvalue weighted by Crippen LogP contribution is -2.31. The molecule has 3 atom stereocenters. The van der Waals surface area contributed by atoms with E-state index < -0.39 is 0 Å². The Morgan fingerprint density at radius 3 is 2.06 bits per heavy atom. The van der Waals surface area contributed by atoms with Crippen LogP contribution in [0.1, 0.15) is 58.8 Å². The van der Waals surface area contributed by atoms with Crippen molar-refractivity contribution >= 4 is 0 Å². The molecule has 0 radical (unpaired) electrons. The van der Waals surface area contributed by atoms with Gasteiger partial charge in [0, 0.05) is 6.04 Å². The Balaban J connectivity index is 1.86. The first-order valence-electron chi connectivity index (χ1n) is 7.49. The van der Waals surface area contributed by atoms with E-state index in [9.17, 15) is 0 Å². The molecule has 0 spiro atoms. The highest BCUT2D eigenvalue weighted by molar-refractivity contribution is 5.04. The minimum absolute atomic E-state index is 0.818. The SMILES string of the molecule is CCC(CC)CC(NC)C1C2CCCCC21. The van der Waals surface area contributed by atoms with Gasteiger partial charge in [0.05, 0.1) is 0 Å². The van der Waals surface area contributed by atoms with Crippen molar-refractivity contribution in [3.8, 4) is 0 Å². The Hall–Kier alpha value is -0.0400. The van der Waals surface area contributed by atoms with Gasteiger partial charge >= 0.3 is 0 Å². The van der Waals surface area contributed by atoms with Crippen molar-refractivity contribution in [3.05, 3.63) is 0 Å². The van der Waals surface area contributed by atoms with Crippen LogP contribution in [0, 0.1) is 23.7 Å². The summed E-state index contributed by atoms with van der Waals surface area (Å²) in [6.07, 6.45) is 10.2. The fourth-order valence-electron chi connectivity index (χ4n) is 4.09. The van der Waals surface area contributed by atoms with Crippen molar-refractivity contribution in [1.29, 1.82) is 0 Å². The molecular formula is C15H29N. The third-order valence-corrected chi connectivity index (χ3v) is 5.30. The average molecular weight is 223 g/mol. The van der Waals surface area contributed by atoms with E-state index in [1.165, 1.54) is 44.9 Å². The summed E-state index contributed by atoms with van der Waals surface area (Å²) in [5.74, 6) is 4.18. The number of hydrogen-bond acceptors (Lipinski definition) is 1. The second-order valence-electron chi connectivity index (χ2n) is 6.00. The van der Waals surface area contributed by atoms with Crippen LogP contribution in [0.15, 0.2) is 0 Å². The zero-order chi connectivity index (χ0) is 11.5. The zero-order valence-electron chi connectivity index (χ0n) is 11.3. The molecule has 1 heteroatoms. The molecule has 0 saturated heterocycles. The summed E-state index contributed by atoms with van der Waals surface area (Å²) < 4.78 is 0. The maximum absolute atomic E-state index is 3.62. The maximum atomic E-state index is 3.62. The Labute approximate surface area is 101 Å². The van der Waals surface area contributed by atoms with E-state index in [0.717, 1.165) is 29.7 Å². The van der Waals surface area contributed by atoms with Gasteiger partial charge in [0.1, 0.15) is 0 Å². The molecule has 2 fully saturated rings. The summed E-state index contributed by atoms with van der Waals surface area (Å²) in [6, 6.07) is 0.818. The van der Waals surface area contributed by atoms with Gasteiger partial charge < -0.3 is 5.32 Å². The van der Waals surface area contributed by atoms with Crippen LogP contribution in [0.3, 0.4) is 0 Å². The molecule has 0 aromatic rings. The van der Waals surface area contributed by atoms with Gasteiger partial charge in [0.25, 0.3) is 0 Å². The van der Waals surface area contributed by atoms with Crippen LogP contribution in [0.4, 0.5) is 0 Å². The molecule has 1 nitrogen and oxygen atoms in total. The molecule has 2 saturated carbocycles. The third-order valence-electron chi connectivity index (χ3n) is 5.30. The topological polar surface area (TPSA) is 12.0 Å². The van der Waals surface area contributed by atoms with Crippen molar-refractivity contribution in [2.45, 2.75) is 64.8 Å². The van der Waals surface area contributed by atoms with Crippen molar-refractivity contribution in [1.82, 2.24) is 5.32 Å². The lowest BCUT2D eigenvalue weighted by atomic mass is 9.91. The van der Waals surface area contributed by atoms with Gasteiger partial charge in [0.2, 0.25) is 0 Å². The molecule has 94 valence electrons. The Morgan fingerprint density at radius 1 is 1.06 bits per heavy atom. The fraction of sp³-hybridized carbons (Fsp3) is 1.00. The number of nitrogens with one attached hydrogen (secondary N) is 1. The van der Waals surface area contributed by atoms with Gasteiger partial charge in [0.15, 0.2) is 0 Å². The molecule has 16 heavy (non-hydrogen) atoms. The predicted molar refractivity (Wildman–Crippen MR) is 70.5 cm³/mol. The number of fused-ring (bicyclic) bond motifs is 1. The first-order valence-corrected chi connectivity index (χ1v) is 7.49. The summed E-state index contributed by atoms with van der Waals surface area (Å²) in [6.45, 7) is 4.70. The Kier molecular flexibility index (Phi) is 4.29. The first-order chi connectivity index (χ1) is 7.81. The van der Waals surface area contributed by atoms with Gasteiger partial charge in [-0.15, -0.1) is 0 Å². The van der Waals surface area contributed by atoms with E-state index in [0.29, 0.717) is 0 Å². The molecule has 2 rings (SSSR count). The second-order valence-corrected chi connectivity index (χ2v) is 6.00. The molecule has 0 bridgehead atoms. The normalized spacial score (nSPS) is 34.9. The summed E-state index contributed by atoms with van der Waals surface area (Å²) in [5.41, 5.74) is 0. The van der Waals surface area contributed by atoms with Gasteiger partial charge in [-0.2, -0.15) is 0 Å². The van der Waals surface area contributed by atoms with Crippen molar-refractivity contribution in [2.24, 2.45) is 23.7 Å². The molecule has 2 aliphatic carbocycles. The Bertz CT molecular complexity index is 197. The van der Waals surface area contributed by atoms with Crippen LogP contribution >= 0.6 is 0 Å². The zero-order valence-corrected chi connectivity index (χ0v) is 11.3. The number of hydrogen-bond donors (Lipinski definition) is 1. The van der Waals surface area contributed by atoms with Crippen LogP contribution < -0.4 is 5.32 Å². The van der Waals surface area contributed by atoms with E-state index >= 15 is 0 Å². The monoisotopic (exact) mass is 223 g/mol. The Morgan fingerprint density at radius 2 is 1.62 bits per heavy atom. The van der Waals surface area contributed by atoms with Gasteiger partial charge in [-0.1, -0.05) is 39.5 Å². The fourth-order valence-corrected chi connectivity index (χ4v) is 4.09. The molecule has 3 unspecified atom stereocenters. The van der Waals surface area contributed by atoms with Gasteiger partial charge in [-0.05, 0) is 50.0 Å². The highest BCUT2D eigenvalue weighted by Crippen LogP contribution is 2.57. The molecule has 1 N–H and O–H groups in total. The standard InChI is InChI=1S/C15H29N/c1-4-11(5-2)10-14(16-3)15-12-8-6-7-9-13(12)15/h11-16H,4-10H2,1-3H3. The summed E-state index contributed by atoms with van der Waals surface area (Å²) in [5, 5.41) is 3.62. The van der Waals surface area contributed by atoms with Crippen molar-refractivity contribution in [3.63, 3.8) is 0 Å². The highest BCUT2D eigenvalue weighted by Gasteiger charge is 2.53. The minimum atomic E-state index is 0.818. The molecule has 0 heterocycles. The third kappa shape index (κ3) is 2.45. The van der Waals surface area contributed by atoms with E-state index in [1.807, 2.05) is 0 Å². The first kappa shape index (κ1) is 12.4.